The van der Waals surface area contributed by atoms with Crippen LogP contribution in [0.15, 0.2) is 36.9 Å². The molecular formula is C24H27N9O2. The molecule has 1 fully saturated rings. The third-order valence-corrected chi connectivity index (χ3v) is 6.00. The molecule has 0 spiro atoms. The zero-order chi connectivity index (χ0) is 24.2. The number of aldehydes is 1. The summed E-state index contributed by atoms with van der Waals surface area (Å²) < 4.78 is 5.16. The van der Waals surface area contributed by atoms with Crippen LogP contribution in [0.4, 0.5) is 11.5 Å². The van der Waals surface area contributed by atoms with E-state index in [2.05, 4.69) is 41.1 Å². The average Bonchev–Trinajstić information content (AvgIpc) is 3.35. The quantitative estimate of drug-likeness (QED) is 0.368. The number of pyridine rings is 2. The highest BCUT2D eigenvalue weighted by molar-refractivity contribution is 5.91. The number of H-pyrrole nitrogens is 1. The van der Waals surface area contributed by atoms with Gasteiger partial charge in [0.05, 0.1) is 31.9 Å². The highest BCUT2D eigenvalue weighted by atomic mass is 16.5. The van der Waals surface area contributed by atoms with Gasteiger partial charge < -0.3 is 19.8 Å². The highest BCUT2D eigenvalue weighted by Gasteiger charge is 2.20. The van der Waals surface area contributed by atoms with Gasteiger partial charge in [-0.3, -0.25) is 9.80 Å². The van der Waals surface area contributed by atoms with Crippen molar-refractivity contribution in [1.29, 1.82) is 0 Å². The second-order valence-corrected chi connectivity index (χ2v) is 8.42. The van der Waals surface area contributed by atoms with Crippen LogP contribution in [-0.4, -0.2) is 85.8 Å². The minimum atomic E-state index is 0.493. The van der Waals surface area contributed by atoms with Gasteiger partial charge in [-0.1, -0.05) is 0 Å². The number of ether oxygens (including phenoxy) is 1. The highest BCUT2D eigenvalue weighted by Crippen LogP contribution is 2.32. The maximum atomic E-state index is 10.8. The Labute approximate surface area is 202 Å². The lowest BCUT2D eigenvalue weighted by Crippen LogP contribution is -2.46. The molecule has 0 bridgehead atoms. The lowest BCUT2D eigenvalue weighted by atomic mass is 10.1. The zero-order valence-corrected chi connectivity index (χ0v) is 19.7. The zero-order valence-electron chi connectivity index (χ0n) is 19.7. The summed E-state index contributed by atoms with van der Waals surface area (Å²) in [5, 5.41) is 3.37. The number of carbonyl (C=O) groups is 1. The fourth-order valence-electron chi connectivity index (χ4n) is 4.22. The lowest BCUT2D eigenvalue weighted by Gasteiger charge is -2.33. The number of nitrogens with zero attached hydrogens (tertiary/aromatic N) is 7. The normalized spacial score (nSPS) is 14.8. The van der Waals surface area contributed by atoms with Crippen LogP contribution in [0, 0.1) is 6.92 Å². The van der Waals surface area contributed by atoms with E-state index in [0.29, 0.717) is 40.9 Å². The fraction of sp³-hybridized carbons (Fsp3) is 0.333. The van der Waals surface area contributed by atoms with Gasteiger partial charge in [0.2, 0.25) is 5.88 Å². The van der Waals surface area contributed by atoms with Crippen molar-refractivity contribution in [3.63, 3.8) is 0 Å². The second-order valence-electron chi connectivity index (χ2n) is 8.42. The van der Waals surface area contributed by atoms with Crippen LogP contribution in [0.1, 0.15) is 11.4 Å². The number of piperazine rings is 1. The molecule has 11 nitrogen and oxygen atoms in total. The van der Waals surface area contributed by atoms with E-state index in [9.17, 15) is 4.79 Å². The van der Waals surface area contributed by atoms with Gasteiger partial charge in [0.25, 0.3) is 0 Å². The van der Waals surface area contributed by atoms with Crippen LogP contribution in [0.25, 0.3) is 22.4 Å². The van der Waals surface area contributed by atoms with Crippen molar-refractivity contribution < 1.29 is 9.53 Å². The summed E-state index contributed by atoms with van der Waals surface area (Å²) in [6.07, 6.45) is 6.18. The van der Waals surface area contributed by atoms with Gasteiger partial charge in [-0.25, -0.2) is 24.9 Å². The molecular weight excluding hydrogens is 446 g/mol. The molecule has 2 N–H and O–H groups in total. The van der Waals surface area contributed by atoms with Gasteiger partial charge in [-0.15, -0.1) is 0 Å². The monoisotopic (exact) mass is 473 g/mol. The third-order valence-electron chi connectivity index (χ3n) is 6.00. The number of aromatic nitrogens is 6. The van der Waals surface area contributed by atoms with Gasteiger partial charge in [0, 0.05) is 50.6 Å². The van der Waals surface area contributed by atoms with Crippen LogP contribution in [0.5, 0.6) is 5.88 Å². The summed E-state index contributed by atoms with van der Waals surface area (Å²) in [6, 6.07) is 5.79. The Morgan fingerprint density at radius 3 is 2.66 bits per heavy atom. The van der Waals surface area contributed by atoms with Crippen LogP contribution in [-0.2, 0) is 11.3 Å². The Bertz CT molecular complexity index is 1310. The molecule has 0 aliphatic carbocycles. The number of aryl methyl sites for hydroxylation is 1. The van der Waals surface area contributed by atoms with Gasteiger partial charge in [0.1, 0.15) is 29.1 Å². The molecule has 0 amide bonds. The first-order valence-electron chi connectivity index (χ1n) is 11.5. The van der Waals surface area contributed by atoms with Crippen molar-refractivity contribution in [2.75, 3.05) is 45.2 Å². The number of fused-ring (bicyclic) bond motifs is 1. The van der Waals surface area contributed by atoms with Crippen molar-refractivity contribution in [3.8, 4) is 17.1 Å². The van der Waals surface area contributed by atoms with Gasteiger partial charge in [0.15, 0.2) is 5.65 Å². The van der Waals surface area contributed by atoms with E-state index in [1.165, 1.54) is 0 Å². The smallest absolute Gasteiger partial charge is 0.213 e. The molecule has 5 rings (SSSR count). The number of imidazole rings is 1. The first-order valence-corrected chi connectivity index (χ1v) is 11.5. The van der Waals surface area contributed by atoms with E-state index >= 15 is 0 Å². The summed E-state index contributed by atoms with van der Waals surface area (Å²) >= 11 is 0. The Hall–Kier alpha value is -3.96. The SMILES string of the molecule is COc1ccc(Nc2ncc(CN3CCN(CC=O)CC3)cc2-c2nc(C)nc3[nH]cnc23)cn1. The topological polar surface area (TPSA) is 125 Å². The number of methoxy groups -OCH3 is 1. The van der Waals surface area contributed by atoms with Crippen molar-refractivity contribution in [2.45, 2.75) is 13.5 Å². The molecule has 0 radical (unpaired) electrons. The standard InChI is InChI=1S/C24H27N9O2/c1-16-29-21(22-24(30-16)28-15-27-22)19-11-17(14-33-7-5-32(6-8-33)9-10-34)12-26-23(19)31-18-3-4-20(35-2)25-13-18/h3-4,10-13,15H,5-9,14H2,1-2H3,(H,26,31)(H,27,28,29,30). The van der Waals surface area contributed by atoms with Gasteiger partial charge >= 0.3 is 0 Å². The van der Waals surface area contributed by atoms with Crippen molar-refractivity contribution in [2.24, 2.45) is 0 Å². The minimum Gasteiger partial charge on any atom is -0.481 e. The van der Waals surface area contributed by atoms with Gasteiger partial charge in [-0.2, -0.15) is 0 Å². The maximum absolute atomic E-state index is 10.8. The molecule has 35 heavy (non-hydrogen) atoms. The van der Waals surface area contributed by atoms with E-state index in [1.807, 2.05) is 19.2 Å². The minimum absolute atomic E-state index is 0.493. The number of carbonyl (C=O) groups excluding carboxylic acids is 1. The largest absolute Gasteiger partial charge is 0.481 e. The average molecular weight is 474 g/mol. The van der Waals surface area contributed by atoms with Crippen LogP contribution >= 0.6 is 0 Å². The molecule has 1 aliphatic rings. The molecule has 0 aromatic carbocycles. The lowest BCUT2D eigenvalue weighted by molar-refractivity contribution is -0.109. The summed E-state index contributed by atoms with van der Waals surface area (Å²) in [6.45, 7) is 6.67. The van der Waals surface area contributed by atoms with Crippen LogP contribution in [0.2, 0.25) is 0 Å². The summed E-state index contributed by atoms with van der Waals surface area (Å²) in [5.41, 5.74) is 4.77. The van der Waals surface area contributed by atoms with E-state index < -0.39 is 0 Å². The van der Waals surface area contributed by atoms with Crippen molar-refractivity contribution in [1.82, 2.24) is 39.7 Å². The Morgan fingerprint density at radius 2 is 1.91 bits per heavy atom. The molecule has 0 atom stereocenters. The van der Waals surface area contributed by atoms with Crippen LogP contribution < -0.4 is 10.1 Å². The second kappa shape index (κ2) is 10.1. The van der Waals surface area contributed by atoms with Gasteiger partial charge in [-0.05, 0) is 24.6 Å². The molecule has 180 valence electrons. The third kappa shape index (κ3) is 5.10. The Morgan fingerprint density at radius 1 is 1.09 bits per heavy atom. The van der Waals surface area contributed by atoms with E-state index in [-0.39, 0.29) is 0 Å². The van der Waals surface area contributed by atoms with Crippen LogP contribution in [0.3, 0.4) is 0 Å². The molecule has 0 saturated carbocycles. The first kappa shape index (κ1) is 22.8. The molecule has 4 aromatic heterocycles. The molecule has 5 heterocycles. The number of hydrogen-bond acceptors (Lipinski definition) is 10. The van der Waals surface area contributed by atoms with E-state index in [0.717, 1.165) is 55.8 Å². The number of aromatic amines is 1. The Kier molecular flexibility index (Phi) is 6.59. The predicted octanol–water partition coefficient (Wildman–Crippen LogP) is 2.19. The molecule has 0 unspecified atom stereocenters. The number of nitrogens with one attached hydrogen (secondary N) is 2. The Balaban J connectivity index is 1.48. The first-order chi connectivity index (χ1) is 17.1. The van der Waals surface area contributed by atoms with Crippen molar-refractivity contribution >= 4 is 29.0 Å². The summed E-state index contributed by atoms with van der Waals surface area (Å²) in [5.74, 6) is 1.83. The fourth-order valence-corrected chi connectivity index (χ4v) is 4.22. The molecule has 11 heteroatoms. The molecule has 4 aromatic rings. The predicted molar refractivity (Wildman–Crippen MR) is 132 cm³/mol. The maximum Gasteiger partial charge on any atom is 0.213 e. The number of anilines is 2. The van der Waals surface area contributed by atoms with Crippen molar-refractivity contribution in [3.05, 3.63) is 48.3 Å². The van der Waals surface area contributed by atoms with E-state index in [4.69, 9.17) is 14.7 Å². The number of hydrogen-bond donors (Lipinski definition) is 2. The summed E-state index contributed by atoms with van der Waals surface area (Å²) in [7, 11) is 1.59. The number of rotatable bonds is 8. The van der Waals surface area contributed by atoms with E-state index in [1.54, 1.807) is 25.7 Å². The molecule has 1 aliphatic heterocycles. The molecule has 1 saturated heterocycles. The summed E-state index contributed by atoms with van der Waals surface area (Å²) in [4.78, 5) is 41.1.